The van der Waals surface area contributed by atoms with E-state index in [0.717, 1.165) is 114 Å². The molecule has 0 saturated heterocycles. The number of unbranched alkanes of at least 4 members (excludes halogenated alkanes) is 46. The zero-order valence-electron chi connectivity index (χ0n) is 68.7. The summed E-state index contributed by atoms with van der Waals surface area (Å²) in [5.41, 5.74) is 0. The van der Waals surface area contributed by atoms with Gasteiger partial charge in [0.2, 0.25) is 0 Å². The first-order chi connectivity index (χ1) is 50.2. The molecule has 7 atom stereocenters. The number of phosphoric ester groups is 2. The molecule has 0 radical (unpaired) electrons. The van der Waals surface area contributed by atoms with E-state index in [4.69, 9.17) is 37.0 Å². The third-order valence-corrected chi connectivity index (χ3v) is 22.4. The van der Waals surface area contributed by atoms with E-state index in [0.29, 0.717) is 25.7 Å². The van der Waals surface area contributed by atoms with Crippen LogP contribution in [0.1, 0.15) is 441 Å². The second-order valence-corrected chi connectivity index (χ2v) is 34.9. The van der Waals surface area contributed by atoms with E-state index in [2.05, 4.69) is 55.4 Å². The first kappa shape index (κ1) is 102. The summed E-state index contributed by atoms with van der Waals surface area (Å²) in [6, 6.07) is 0. The summed E-state index contributed by atoms with van der Waals surface area (Å²) in [6.45, 7) is 14.4. The second-order valence-electron chi connectivity index (χ2n) is 32.0. The molecule has 4 unspecified atom stereocenters. The number of carbonyl (C=O) groups excluding carboxylic acids is 4. The number of carbonyl (C=O) groups is 4. The number of rotatable bonds is 82. The molecule has 0 heterocycles. The Hall–Kier alpha value is -1.94. The molecule has 618 valence electrons. The van der Waals surface area contributed by atoms with Crippen LogP contribution in [0.3, 0.4) is 0 Å². The molecule has 3 N–H and O–H groups in total. The van der Waals surface area contributed by atoms with Gasteiger partial charge in [0, 0.05) is 25.7 Å². The summed E-state index contributed by atoms with van der Waals surface area (Å²) in [6.07, 6.45) is 62.4. The average Bonchev–Trinajstić information content (AvgIpc) is 0.905. The van der Waals surface area contributed by atoms with Crippen LogP contribution in [-0.2, 0) is 65.4 Å². The smallest absolute Gasteiger partial charge is 0.462 e. The van der Waals surface area contributed by atoms with Crippen molar-refractivity contribution >= 4 is 39.5 Å². The van der Waals surface area contributed by atoms with Gasteiger partial charge >= 0.3 is 39.5 Å². The van der Waals surface area contributed by atoms with Gasteiger partial charge in [-0.3, -0.25) is 37.3 Å². The van der Waals surface area contributed by atoms with Gasteiger partial charge in [-0.2, -0.15) is 0 Å². The lowest BCUT2D eigenvalue weighted by atomic mass is 9.99. The minimum Gasteiger partial charge on any atom is -0.462 e. The van der Waals surface area contributed by atoms with E-state index in [9.17, 15) is 43.2 Å². The van der Waals surface area contributed by atoms with E-state index >= 15 is 0 Å². The van der Waals surface area contributed by atoms with E-state index in [1.807, 2.05) is 0 Å². The molecule has 104 heavy (non-hydrogen) atoms. The van der Waals surface area contributed by atoms with Crippen molar-refractivity contribution in [2.45, 2.75) is 459 Å². The monoisotopic (exact) mass is 1520 g/mol. The summed E-state index contributed by atoms with van der Waals surface area (Å²) in [7, 11) is -9.93. The number of ether oxygens (including phenoxy) is 4. The molecule has 19 heteroatoms. The standard InChI is InChI=1S/C85H166O17P2/c1-9-77(7)63-55-47-39-30-24-20-15-13-11-12-14-16-22-26-33-43-51-59-67-84(89)101-80(71-95-82(87)65-57-49-41-32-25-21-18-17-19-23-29-37-45-53-61-75(3)4)73-99-103(91,92)97-69-79(86)70-98-104(93,94)100-74-81(72-96-83(88)66-58-50-42-36-35-38-46-54-62-76(5)6)102-85(90)68-60-52-44-34-28-27-31-40-48-56-64-78(8)10-2/h75-81,86H,9-74H2,1-8H3,(H,91,92)(H,93,94)/t77?,78?,79-,80-,81-/m1/s1. The SMILES string of the molecule is CCC(C)CCCCCCCCCCCCCCCCCCCCC(=O)O[C@H](COC(=O)CCCCCCCCCCCCCCCCC(C)C)COP(=O)(O)OC[C@@H](O)COP(=O)(O)OC[C@@H](COC(=O)CCCCCCCCCCC(C)C)OC(=O)CCCCCCCCCCCCC(C)CC. The van der Waals surface area contributed by atoms with Crippen molar-refractivity contribution in [3.05, 3.63) is 0 Å². The third kappa shape index (κ3) is 75.5. The van der Waals surface area contributed by atoms with E-state index < -0.39 is 97.5 Å². The predicted octanol–water partition coefficient (Wildman–Crippen LogP) is 25.6. The first-order valence-corrected chi connectivity index (χ1v) is 46.8. The fourth-order valence-electron chi connectivity index (χ4n) is 13.1. The highest BCUT2D eigenvalue weighted by Crippen LogP contribution is 2.45. The summed E-state index contributed by atoms with van der Waals surface area (Å²) in [5, 5.41) is 10.7. The highest BCUT2D eigenvalue weighted by atomic mass is 31.2. The van der Waals surface area contributed by atoms with Crippen LogP contribution in [0, 0.1) is 23.7 Å². The summed E-state index contributed by atoms with van der Waals surface area (Å²) in [4.78, 5) is 73.2. The van der Waals surface area contributed by atoms with Crippen molar-refractivity contribution in [1.82, 2.24) is 0 Å². The number of phosphoric acid groups is 2. The topological polar surface area (TPSA) is 237 Å². The van der Waals surface area contributed by atoms with Gasteiger partial charge in [0.1, 0.15) is 19.3 Å². The zero-order chi connectivity index (χ0) is 76.7. The molecular formula is C85H166O17P2. The maximum atomic E-state index is 13.1. The Morgan fingerprint density at radius 3 is 0.683 bits per heavy atom. The molecule has 0 aliphatic rings. The lowest BCUT2D eigenvalue weighted by Gasteiger charge is -2.21. The van der Waals surface area contributed by atoms with Crippen LogP contribution in [0.5, 0.6) is 0 Å². The first-order valence-electron chi connectivity index (χ1n) is 43.8. The Labute approximate surface area is 638 Å². The average molecular weight is 1520 g/mol. The fraction of sp³-hybridized carbons (Fsp3) is 0.953. The van der Waals surface area contributed by atoms with E-state index in [1.165, 1.54) is 244 Å². The number of aliphatic hydroxyl groups excluding tert-OH is 1. The number of hydrogen-bond acceptors (Lipinski definition) is 15. The van der Waals surface area contributed by atoms with Crippen LogP contribution in [-0.4, -0.2) is 96.7 Å². The molecule has 0 bridgehead atoms. The van der Waals surface area contributed by atoms with Crippen molar-refractivity contribution < 1.29 is 80.2 Å². The van der Waals surface area contributed by atoms with Crippen molar-refractivity contribution in [2.24, 2.45) is 23.7 Å². The van der Waals surface area contributed by atoms with Crippen LogP contribution in [0.2, 0.25) is 0 Å². The molecule has 0 spiro atoms. The third-order valence-electron chi connectivity index (χ3n) is 20.5. The highest BCUT2D eigenvalue weighted by Gasteiger charge is 2.30. The Bertz CT molecular complexity index is 2030. The molecule has 0 aliphatic heterocycles. The van der Waals surface area contributed by atoms with Crippen molar-refractivity contribution in [2.75, 3.05) is 39.6 Å². The van der Waals surface area contributed by atoms with Crippen LogP contribution >= 0.6 is 15.6 Å². The van der Waals surface area contributed by atoms with Crippen LogP contribution in [0.25, 0.3) is 0 Å². The van der Waals surface area contributed by atoms with E-state index in [-0.39, 0.29) is 25.7 Å². The van der Waals surface area contributed by atoms with E-state index in [1.54, 1.807) is 0 Å². The van der Waals surface area contributed by atoms with Crippen molar-refractivity contribution in [1.29, 1.82) is 0 Å². The van der Waals surface area contributed by atoms with Crippen molar-refractivity contribution in [3.8, 4) is 0 Å². The van der Waals surface area contributed by atoms with Gasteiger partial charge in [-0.25, -0.2) is 9.13 Å². The molecular weight excluding hydrogens is 1350 g/mol. The Morgan fingerprint density at radius 1 is 0.269 bits per heavy atom. The lowest BCUT2D eigenvalue weighted by Crippen LogP contribution is -2.30. The van der Waals surface area contributed by atoms with Crippen LogP contribution in [0.4, 0.5) is 0 Å². The maximum Gasteiger partial charge on any atom is 0.472 e. The molecule has 0 aromatic heterocycles. The minimum atomic E-state index is -4.97. The molecule has 0 fully saturated rings. The predicted molar refractivity (Wildman–Crippen MR) is 428 cm³/mol. The molecule has 17 nitrogen and oxygen atoms in total. The quantitative estimate of drug-likeness (QED) is 0.0222. The molecule has 0 aromatic carbocycles. The summed E-state index contributed by atoms with van der Waals surface area (Å²) < 4.78 is 68.9. The zero-order valence-corrected chi connectivity index (χ0v) is 70.5. The van der Waals surface area contributed by atoms with Gasteiger partial charge in [0.05, 0.1) is 26.4 Å². The van der Waals surface area contributed by atoms with Crippen LogP contribution in [0.15, 0.2) is 0 Å². The summed E-state index contributed by atoms with van der Waals surface area (Å²) in [5.74, 6) is 1.09. The van der Waals surface area contributed by atoms with Crippen molar-refractivity contribution in [3.63, 3.8) is 0 Å². The van der Waals surface area contributed by atoms with Crippen LogP contribution < -0.4 is 0 Å². The summed E-state index contributed by atoms with van der Waals surface area (Å²) >= 11 is 0. The fourth-order valence-corrected chi connectivity index (χ4v) is 14.7. The second kappa shape index (κ2) is 73.8. The molecule has 0 aliphatic carbocycles. The van der Waals surface area contributed by atoms with Gasteiger partial charge in [-0.05, 0) is 49.4 Å². The maximum absolute atomic E-state index is 13.1. The van der Waals surface area contributed by atoms with Gasteiger partial charge in [-0.1, -0.05) is 389 Å². The normalized spacial score (nSPS) is 14.5. The lowest BCUT2D eigenvalue weighted by molar-refractivity contribution is -0.161. The van der Waals surface area contributed by atoms with Gasteiger partial charge in [0.15, 0.2) is 12.2 Å². The Kier molecular flexibility index (Phi) is 72.5. The number of esters is 4. The molecule has 0 aromatic rings. The largest absolute Gasteiger partial charge is 0.472 e. The minimum absolute atomic E-state index is 0.106. The Morgan fingerprint density at radius 2 is 0.462 bits per heavy atom. The molecule has 0 saturated carbocycles. The molecule has 0 rings (SSSR count). The van der Waals surface area contributed by atoms with Gasteiger partial charge in [-0.15, -0.1) is 0 Å². The highest BCUT2D eigenvalue weighted by molar-refractivity contribution is 7.47. The molecule has 0 amide bonds. The number of hydrogen-bond donors (Lipinski definition) is 3. The van der Waals surface area contributed by atoms with Gasteiger partial charge in [0.25, 0.3) is 0 Å². The Balaban J connectivity index is 5.24. The van der Waals surface area contributed by atoms with Gasteiger partial charge < -0.3 is 33.8 Å². The number of aliphatic hydroxyl groups is 1.